The molecule has 0 aliphatic carbocycles. The average Bonchev–Trinajstić information content (AvgIpc) is 3.27. The minimum Gasteiger partial charge on any atom is -0.299 e. The van der Waals surface area contributed by atoms with Crippen LogP contribution in [-0.2, 0) is 11.3 Å². The molecule has 3 rings (SSSR count). The lowest BCUT2D eigenvalue weighted by atomic mass is 10.2. The molecule has 1 N–H and O–H groups in total. The summed E-state index contributed by atoms with van der Waals surface area (Å²) in [4.78, 5) is 18.9. The van der Waals surface area contributed by atoms with Gasteiger partial charge < -0.3 is 0 Å². The number of carbonyl (C=O) groups is 1. The summed E-state index contributed by atoms with van der Waals surface area (Å²) in [6.07, 6.45) is 0. The molecule has 0 aliphatic rings. The Labute approximate surface area is 148 Å². The van der Waals surface area contributed by atoms with Gasteiger partial charge >= 0.3 is 0 Å². The molecule has 0 saturated heterocycles. The van der Waals surface area contributed by atoms with Crippen LogP contribution in [0.15, 0.2) is 41.2 Å². The number of amides is 1. The van der Waals surface area contributed by atoms with E-state index < -0.39 is 0 Å². The monoisotopic (exact) mass is 359 g/mol. The number of aromatic nitrogens is 3. The lowest BCUT2D eigenvalue weighted by Crippen LogP contribution is -2.39. The first kappa shape index (κ1) is 16.7. The fraction of sp³-hybridized carbons (Fsp3) is 0.250. The number of likely N-dealkylation sites (N-methyl/N-ethyl adjacent to an activating group) is 1. The van der Waals surface area contributed by atoms with Crippen molar-refractivity contribution in [2.75, 3.05) is 12.4 Å². The third-order valence-corrected chi connectivity index (χ3v) is 5.16. The maximum atomic E-state index is 12.2. The normalized spacial score (nSPS) is 12.3. The molecule has 0 saturated carbocycles. The van der Waals surface area contributed by atoms with E-state index in [-0.39, 0.29) is 11.9 Å². The summed E-state index contributed by atoms with van der Waals surface area (Å²) in [6, 6.07) is 9.79. The van der Waals surface area contributed by atoms with Crippen LogP contribution in [0.4, 0.5) is 5.13 Å². The largest absolute Gasteiger partial charge is 0.299 e. The van der Waals surface area contributed by atoms with Crippen LogP contribution in [0.2, 0.25) is 0 Å². The lowest BCUT2D eigenvalue weighted by molar-refractivity contribution is -0.120. The van der Waals surface area contributed by atoms with Gasteiger partial charge in [0.05, 0.1) is 11.7 Å². The first-order chi connectivity index (χ1) is 11.6. The van der Waals surface area contributed by atoms with Crippen LogP contribution in [0, 0.1) is 0 Å². The summed E-state index contributed by atoms with van der Waals surface area (Å²) in [7, 11) is 1.91. The van der Waals surface area contributed by atoms with E-state index >= 15 is 0 Å². The second-order valence-electron chi connectivity index (χ2n) is 5.33. The lowest BCUT2D eigenvalue weighted by Gasteiger charge is -2.22. The molecule has 0 bridgehead atoms. The van der Waals surface area contributed by atoms with Gasteiger partial charge in [0.15, 0.2) is 0 Å². The predicted molar refractivity (Wildman–Crippen MR) is 97.0 cm³/mol. The highest BCUT2D eigenvalue weighted by atomic mass is 32.1. The third-order valence-electron chi connectivity index (χ3n) is 3.61. The molecular weight excluding hydrogens is 342 g/mol. The Morgan fingerprint density at radius 3 is 2.79 bits per heavy atom. The highest BCUT2D eigenvalue weighted by Crippen LogP contribution is 2.24. The van der Waals surface area contributed by atoms with Crippen molar-refractivity contribution in [3.05, 3.63) is 46.9 Å². The van der Waals surface area contributed by atoms with Crippen LogP contribution >= 0.6 is 22.7 Å². The first-order valence-electron chi connectivity index (χ1n) is 7.40. The zero-order chi connectivity index (χ0) is 16.9. The fourth-order valence-electron chi connectivity index (χ4n) is 2.12. The van der Waals surface area contributed by atoms with Gasteiger partial charge in [-0.25, -0.2) is 4.98 Å². The molecule has 6 nitrogen and oxygen atoms in total. The van der Waals surface area contributed by atoms with Crippen molar-refractivity contribution < 1.29 is 4.79 Å². The molecule has 124 valence electrons. The number of nitrogens with one attached hydrogen (secondary N) is 1. The van der Waals surface area contributed by atoms with E-state index in [1.165, 1.54) is 11.3 Å². The minimum absolute atomic E-state index is 0.104. The summed E-state index contributed by atoms with van der Waals surface area (Å²) in [6.45, 7) is 2.47. The van der Waals surface area contributed by atoms with E-state index in [4.69, 9.17) is 0 Å². The van der Waals surface area contributed by atoms with Gasteiger partial charge in [0.25, 0.3) is 0 Å². The van der Waals surface area contributed by atoms with Crippen molar-refractivity contribution in [1.29, 1.82) is 0 Å². The first-order valence-corrected chi connectivity index (χ1v) is 9.16. The van der Waals surface area contributed by atoms with Crippen molar-refractivity contribution in [3.63, 3.8) is 0 Å². The van der Waals surface area contributed by atoms with Gasteiger partial charge in [-0.05, 0) is 14.0 Å². The fourth-order valence-corrected chi connectivity index (χ4v) is 3.39. The molecule has 24 heavy (non-hydrogen) atoms. The molecule has 1 amide bonds. The van der Waals surface area contributed by atoms with Gasteiger partial charge in [-0.2, -0.15) is 0 Å². The van der Waals surface area contributed by atoms with Gasteiger partial charge in [-0.1, -0.05) is 41.7 Å². The zero-order valence-electron chi connectivity index (χ0n) is 13.3. The Balaban J connectivity index is 1.61. The van der Waals surface area contributed by atoms with Crippen molar-refractivity contribution in [2.45, 2.75) is 19.5 Å². The van der Waals surface area contributed by atoms with Gasteiger partial charge in [-0.15, -0.1) is 21.5 Å². The van der Waals surface area contributed by atoms with Crippen LogP contribution in [0.5, 0.6) is 0 Å². The molecule has 1 aromatic carbocycles. The smallest absolute Gasteiger partial charge is 0.243 e. The zero-order valence-corrected chi connectivity index (χ0v) is 15.0. The Kier molecular flexibility index (Phi) is 5.29. The molecule has 0 fully saturated rings. The highest BCUT2D eigenvalue weighted by Gasteiger charge is 2.20. The summed E-state index contributed by atoms with van der Waals surface area (Å²) in [5, 5.41) is 13.8. The Morgan fingerprint density at radius 2 is 2.08 bits per heavy atom. The van der Waals surface area contributed by atoms with Crippen molar-refractivity contribution in [2.24, 2.45) is 0 Å². The number of thiazole rings is 1. The standard InChI is InChI=1S/C16H17N5OS2/c1-11(14(22)19-16-20-17-10-24-16)21(2)8-13-9-23-15(18-13)12-6-4-3-5-7-12/h3-7,9-11H,8H2,1-2H3,(H,19,20,22)/t11-/m1/s1. The number of anilines is 1. The van der Waals surface area contributed by atoms with Crippen LogP contribution in [0.3, 0.4) is 0 Å². The van der Waals surface area contributed by atoms with Crippen molar-refractivity contribution >= 4 is 33.7 Å². The van der Waals surface area contributed by atoms with E-state index in [1.807, 2.05) is 54.6 Å². The molecule has 8 heteroatoms. The molecule has 0 radical (unpaired) electrons. The van der Waals surface area contributed by atoms with Crippen LogP contribution in [0.1, 0.15) is 12.6 Å². The third kappa shape index (κ3) is 4.02. The van der Waals surface area contributed by atoms with Crippen molar-refractivity contribution in [3.8, 4) is 10.6 Å². The molecule has 0 spiro atoms. The van der Waals surface area contributed by atoms with E-state index in [0.717, 1.165) is 16.3 Å². The number of carbonyl (C=O) groups excluding carboxylic acids is 1. The van der Waals surface area contributed by atoms with E-state index in [2.05, 4.69) is 20.5 Å². The Hall–Kier alpha value is -2.16. The van der Waals surface area contributed by atoms with E-state index in [9.17, 15) is 4.79 Å². The van der Waals surface area contributed by atoms with Gasteiger partial charge in [-0.3, -0.25) is 15.0 Å². The molecular formula is C16H17N5OS2. The maximum Gasteiger partial charge on any atom is 0.243 e. The molecule has 2 heterocycles. The van der Waals surface area contributed by atoms with Crippen LogP contribution in [-0.4, -0.2) is 39.1 Å². The maximum absolute atomic E-state index is 12.2. The molecule has 3 aromatic rings. The SMILES string of the molecule is C[C@H](C(=O)Nc1nncs1)N(C)Cc1csc(-c2ccccc2)n1. The predicted octanol–water partition coefficient (Wildman–Crippen LogP) is 3.12. The van der Waals surface area contributed by atoms with Gasteiger partial charge in [0.2, 0.25) is 11.0 Å². The number of hydrogen-bond acceptors (Lipinski definition) is 7. The van der Waals surface area contributed by atoms with E-state index in [1.54, 1.807) is 16.8 Å². The molecule has 0 unspecified atom stereocenters. The van der Waals surface area contributed by atoms with Crippen LogP contribution in [0.25, 0.3) is 10.6 Å². The second kappa shape index (κ2) is 7.61. The highest BCUT2D eigenvalue weighted by molar-refractivity contribution is 7.13. The Bertz CT molecular complexity index is 788. The summed E-state index contributed by atoms with van der Waals surface area (Å²) in [5.74, 6) is -0.104. The Morgan fingerprint density at radius 1 is 1.29 bits per heavy atom. The number of hydrogen-bond donors (Lipinski definition) is 1. The molecule has 2 aromatic heterocycles. The van der Waals surface area contributed by atoms with Crippen molar-refractivity contribution in [1.82, 2.24) is 20.1 Å². The quantitative estimate of drug-likeness (QED) is 0.732. The summed E-state index contributed by atoms with van der Waals surface area (Å²) < 4.78 is 0. The second-order valence-corrected chi connectivity index (χ2v) is 7.03. The summed E-state index contributed by atoms with van der Waals surface area (Å²) in [5.41, 5.74) is 3.65. The topological polar surface area (TPSA) is 71.0 Å². The number of nitrogens with zero attached hydrogens (tertiary/aromatic N) is 4. The van der Waals surface area contributed by atoms with Gasteiger partial charge in [0, 0.05) is 17.5 Å². The van der Waals surface area contributed by atoms with E-state index in [0.29, 0.717) is 11.7 Å². The minimum atomic E-state index is -0.296. The molecule has 0 aliphatic heterocycles. The van der Waals surface area contributed by atoms with Crippen LogP contribution < -0.4 is 5.32 Å². The summed E-state index contributed by atoms with van der Waals surface area (Å²) >= 11 is 2.92. The average molecular weight is 359 g/mol. The number of benzene rings is 1. The molecule has 1 atom stereocenters. The van der Waals surface area contributed by atoms with Gasteiger partial charge in [0.1, 0.15) is 10.5 Å². The number of rotatable bonds is 6.